The summed E-state index contributed by atoms with van der Waals surface area (Å²) in [6, 6.07) is 6.43. The molecule has 0 spiro atoms. The maximum atomic E-state index is 13.4. The summed E-state index contributed by atoms with van der Waals surface area (Å²) in [7, 11) is 1.46. The van der Waals surface area contributed by atoms with Gasteiger partial charge in [-0.15, -0.1) is 0 Å². The first-order chi connectivity index (χ1) is 11.3. The zero-order valence-electron chi connectivity index (χ0n) is 13.3. The van der Waals surface area contributed by atoms with Crippen molar-refractivity contribution in [3.8, 4) is 5.69 Å². The van der Waals surface area contributed by atoms with Gasteiger partial charge in [-0.05, 0) is 61.5 Å². The first-order valence-electron chi connectivity index (χ1n) is 7.15. The van der Waals surface area contributed by atoms with Crippen LogP contribution in [0, 0.1) is 19.7 Å². The van der Waals surface area contributed by atoms with E-state index in [1.54, 1.807) is 18.2 Å². The molecule has 0 unspecified atom stereocenters. The van der Waals surface area contributed by atoms with Crippen molar-refractivity contribution in [1.29, 1.82) is 0 Å². The molecule has 2 heterocycles. The number of hydrogen-bond donors (Lipinski definition) is 0. The van der Waals surface area contributed by atoms with Crippen molar-refractivity contribution in [2.45, 2.75) is 13.8 Å². The van der Waals surface area contributed by atoms with Gasteiger partial charge in [0.25, 0.3) is 11.1 Å². The highest BCUT2D eigenvalue weighted by atomic mass is 35.5. The first-order valence-corrected chi connectivity index (χ1v) is 8.35. The predicted octanol–water partition coefficient (Wildman–Crippen LogP) is 4.55. The molecule has 2 aromatic rings. The normalized spacial score (nSPS) is 16.5. The second-order valence-electron chi connectivity index (χ2n) is 5.50. The molecule has 1 saturated heterocycles. The third kappa shape index (κ3) is 2.76. The molecule has 124 valence electrons. The summed E-state index contributed by atoms with van der Waals surface area (Å²) >= 11 is 6.79. The molecule has 1 aromatic heterocycles. The second-order valence-corrected chi connectivity index (χ2v) is 6.90. The van der Waals surface area contributed by atoms with E-state index in [-0.39, 0.29) is 16.2 Å². The summed E-state index contributed by atoms with van der Waals surface area (Å²) in [5.41, 5.74) is 3.35. The Morgan fingerprint density at radius 2 is 1.92 bits per heavy atom. The summed E-state index contributed by atoms with van der Waals surface area (Å²) in [6.45, 7) is 3.81. The van der Waals surface area contributed by atoms with Crippen LogP contribution < -0.4 is 0 Å². The lowest BCUT2D eigenvalue weighted by molar-refractivity contribution is -0.121. The molecule has 3 rings (SSSR count). The third-order valence-corrected chi connectivity index (χ3v) is 5.16. The third-order valence-electron chi connectivity index (χ3n) is 3.90. The molecule has 2 amide bonds. The number of carbonyl (C=O) groups excluding carboxylic acids is 2. The summed E-state index contributed by atoms with van der Waals surface area (Å²) in [5, 5.41) is -0.237. The van der Waals surface area contributed by atoms with Crippen molar-refractivity contribution in [2.24, 2.45) is 0 Å². The van der Waals surface area contributed by atoms with Crippen LogP contribution in [0.2, 0.25) is 5.02 Å². The van der Waals surface area contributed by atoms with E-state index in [9.17, 15) is 14.0 Å². The molecule has 1 aliphatic heterocycles. The Bertz CT molecular complexity index is 904. The smallest absolute Gasteiger partial charge is 0.293 e. The average molecular weight is 365 g/mol. The van der Waals surface area contributed by atoms with E-state index in [1.165, 1.54) is 13.1 Å². The quantitative estimate of drug-likeness (QED) is 0.734. The van der Waals surface area contributed by atoms with Gasteiger partial charge in [-0.25, -0.2) is 4.39 Å². The van der Waals surface area contributed by atoms with Gasteiger partial charge in [0.2, 0.25) is 0 Å². The van der Waals surface area contributed by atoms with Gasteiger partial charge >= 0.3 is 0 Å². The van der Waals surface area contributed by atoms with Crippen molar-refractivity contribution >= 4 is 40.6 Å². The fourth-order valence-electron chi connectivity index (χ4n) is 2.64. The van der Waals surface area contributed by atoms with Crippen molar-refractivity contribution < 1.29 is 14.0 Å². The molecule has 0 N–H and O–H groups in total. The number of halogens is 2. The molecule has 7 heteroatoms. The van der Waals surface area contributed by atoms with Gasteiger partial charge < -0.3 is 4.57 Å². The van der Waals surface area contributed by atoms with Crippen molar-refractivity contribution in [3.05, 3.63) is 57.0 Å². The van der Waals surface area contributed by atoms with Crippen LogP contribution in [0.4, 0.5) is 9.18 Å². The Morgan fingerprint density at radius 3 is 2.50 bits per heavy atom. The maximum absolute atomic E-state index is 13.4. The molecule has 24 heavy (non-hydrogen) atoms. The number of aryl methyl sites for hydroxylation is 1. The lowest BCUT2D eigenvalue weighted by Crippen LogP contribution is -2.22. The van der Waals surface area contributed by atoms with Crippen LogP contribution in [0.3, 0.4) is 0 Å². The minimum absolute atomic E-state index is 0.0497. The molecule has 4 nitrogen and oxygen atoms in total. The fraction of sp³-hybridized carbons (Fsp3) is 0.176. The van der Waals surface area contributed by atoms with Crippen LogP contribution in [0.25, 0.3) is 11.8 Å². The standard InChI is InChI=1S/C17H14ClFN2O2S/c1-9-6-11(7-15-16(22)20(3)17(23)24-15)10(2)21(9)12-4-5-14(19)13(18)8-12/h4-8H,1-3H3/b15-7+. The second kappa shape index (κ2) is 6.11. The van der Waals surface area contributed by atoms with Crippen LogP contribution in [0.15, 0.2) is 29.2 Å². The summed E-state index contributed by atoms with van der Waals surface area (Å²) in [5.74, 6) is -0.778. The van der Waals surface area contributed by atoms with Crippen LogP contribution >= 0.6 is 23.4 Å². The molecule has 0 aliphatic carbocycles. The number of aromatic nitrogens is 1. The van der Waals surface area contributed by atoms with Gasteiger partial charge in [0, 0.05) is 24.1 Å². The molecule has 0 bridgehead atoms. The van der Waals surface area contributed by atoms with Gasteiger partial charge in [-0.2, -0.15) is 0 Å². The molecule has 0 radical (unpaired) electrons. The Kier molecular flexibility index (Phi) is 4.27. The summed E-state index contributed by atoms with van der Waals surface area (Å²) < 4.78 is 15.3. The van der Waals surface area contributed by atoms with Crippen LogP contribution in [0.5, 0.6) is 0 Å². The average Bonchev–Trinajstić information content (AvgIpc) is 2.94. The van der Waals surface area contributed by atoms with Crippen molar-refractivity contribution in [1.82, 2.24) is 9.47 Å². The van der Waals surface area contributed by atoms with Crippen LogP contribution in [-0.4, -0.2) is 27.7 Å². The van der Waals surface area contributed by atoms with E-state index < -0.39 is 5.82 Å². The number of benzene rings is 1. The lowest BCUT2D eigenvalue weighted by atomic mass is 10.2. The molecule has 1 aliphatic rings. The monoisotopic (exact) mass is 364 g/mol. The number of likely N-dealkylation sites (N-methyl/N-ethyl adjacent to an activating group) is 1. The van der Waals surface area contributed by atoms with Gasteiger partial charge in [0.15, 0.2) is 0 Å². The Morgan fingerprint density at radius 1 is 1.21 bits per heavy atom. The highest BCUT2D eigenvalue weighted by molar-refractivity contribution is 8.18. The van der Waals surface area contributed by atoms with E-state index >= 15 is 0 Å². The van der Waals surface area contributed by atoms with E-state index in [0.29, 0.717) is 4.91 Å². The topological polar surface area (TPSA) is 42.3 Å². The molecular formula is C17H14ClFN2O2S. The lowest BCUT2D eigenvalue weighted by Gasteiger charge is -2.10. The Balaban J connectivity index is 2.06. The Hall–Kier alpha value is -2.05. The van der Waals surface area contributed by atoms with Gasteiger partial charge in [-0.3, -0.25) is 14.5 Å². The summed E-state index contributed by atoms with van der Waals surface area (Å²) in [4.78, 5) is 25.1. The van der Waals surface area contributed by atoms with E-state index in [2.05, 4.69) is 0 Å². The minimum atomic E-state index is -0.472. The van der Waals surface area contributed by atoms with Crippen LogP contribution in [-0.2, 0) is 4.79 Å². The fourth-order valence-corrected chi connectivity index (χ4v) is 3.63. The molecular weight excluding hydrogens is 351 g/mol. The number of hydrogen-bond acceptors (Lipinski definition) is 3. The molecule has 1 aromatic carbocycles. The first kappa shape index (κ1) is 16.8. The summed E-state index contributed by atoms with van der Waals surface area (Å²) in [6.07, 6.45) is 1.71. The predicted molar refractivity (Wildman–Crippen MR) is 93.9 cm³/mol. The van der Waals surface area contributed by atoms with Crippen LogP contribution in [0.1, 0.15) is 17.0 Å². The zero-order chi connectivity index (χ0) is 17.6. The maximum Gasteiger partial charge on any atom is 0.293 e. The molecule has 0 saturated carbocycles. The number of imide groups is 1. The Labute approximate surface area is 147 Å². The number of carbonyl (C=O) groups is 2. The van der Waals surface area contributed by atoms with E-state index in [4.69, 9.17) is 11.6 Å². The molecule has 1 fully saturated rings. The van der Waals surface area contributed by atoms with Gasteiger partial charge in [0.05, 0.1) is 9.93 Å². The number of nitrogens with zero attached hydrogens (tertiary/aromatic N) is 2. The van der Waals surface area contributed by atoms with Crippen molar-refractivity contribution in [2.75, 3.05) is 7.05 Å². The SMILES string of the molecule is Cc1cc(/C=C2/SC(=O)N(C)C2=O)c(C)n1-c1ccc(F)c(Cl)c1. The minimum Gasteiger partial charge on any atom is -0.318 e. The van der Waals surface area contributed by atoms with Gasteiger partial charge in [-0.1, -0.05) is 11.6 Å². The van der Waals surface area contributed by atoms with Crippen molar-refractivity contribution in [3.63, 3.8) is 0 Å². The number of rotatable bonds is 2. The molecule has 0 atom stereocenters. The largest absolute Gasteiger partial charge is 0.318 e. The number of thioether (sulfide) groups is 1. The zero-order valence-corrected chi connectivity index (χ0v) is 14.8. The number of amides is 2. The van der Waals surface area contributed by atoms with E-state index in [1.807, 2.05) is 24.5 Å². The highest BCUT2D eigenvalue weighted by Gasteiger charge is 2.32. The van der Waals surface area contributed by atoms with Gasteiger partial charge in [0.1, 0.15) is 5.82 Å². The van der Waals surface area contributed by atoms with E-state index in [0.717, 1.165) is 39.3 Å². The highest BCUT2D eigenvalue weighted by Crippen LogP contribution is 2.33.